The third-order valence-corrected chi connectivity index (χ3v) is 3.00. The van der Waals surface area contributed by atoms with Crippen LogP contribution in [-0.4, -0.2) is 6.54 Å². The van der Waals surface area contributed by atoms with Crippen molar-refractivity contribution in [1.29, 1.82) is 5.26 Å². The first kappa shape index (κ1) is 14.7. The molecule has 0 fully saturated rings. The molecule has 3 nitrogen and oxygen atoms in total. The number of benzene rings is 2. The minimum Gasteiger partial charge on any atom is -0.489 e. The lowest BCUT2D eigenvalue weighted by atomic mass is 10.1. The maximum atomic E-state index is 9.12. The molecule has 2 aromatic rings. The van der Waals surface area contributed by atoms with Gasteiger partial charge in [0.05, 0.1) is 12.6 Å². The number of rotatable bonds is 6. The lowest BCUT2D eigenvalue weighted by molar-refractivity contribution is 0.306. The molecule has 1 unspecified atom stereocenters. The summed E-state index contributed by atoms with van der Waals surface area (Å²) in [6, 6.07) is 19.2. The number of hydrogen-bond acceptors (Lipinski definition) is 3. The molecule has 1 atom stereocenters. The van der Waals surface area contributed by atoms with Crippen LogP contribution in [0.3, 0.4) is 0 Å². The van der Waals surface area contributed by atoms with Gasteiger partial charge in [-0.15, -0.1) is 6.42 Å². The average Bonchev–Trinajstić information content (AvgIpc) is 2.56. The highest BCUT2D eigenvalue weighted by atomic mass is 16.5. The molecule has 0 spiro atoms. The van der Waals surface area contributed by atoms with Crippen LogP contribution in [0.15, 0.2) is 54.6 Å². The summed E-state index contributed by atoms with van der Waals surface area (Å²) in [5.41, 5.74) is 1.99. The molecule has 2 aromatic carbocycles. The second kappa shape index (κ2) is 7.75. The lowest BCUT2D eigenvalue weighted by Crippen LogP contribution is -2.19. The molecule has 0 saturated heterocycles. The average molecular weight is 276 g/mol. The fourth-order valence-corrected chi connectivity index (χ4v) is 1.90. The van der Waals surface area contributed by atoms with E-state index in [9.17, 15) is 0 Å². The maximum absolute atomic E-state index is 9.12. The van der Waals surface area contributed by atoms with Crippen molar-refractivity contribution in [2.75, 3.05) is 6.54 Å². The summed E-state index contributed by atoms with van der Waals surface area (Å²) in [5.74, 6) is 3.24. The molecule has 0 aliphatic heterocycles. The first-order valence-corrected chi connectivity index (χ1v) is 6.66. The summed E-state index contributed by atoms with van der Waals surface area (Å²) in [6.45, 7) is 0.891. The molecule has 2 rings (SSSR count). The molecule has 21 heavy (non-hydrogen) atoms. The first-order chi connectivity index (χ1) is 10.3. The van der Waals surface area contributed by atoms with Crippen LogP contribution in [0.4, 0.5) is 0 Å². The quantitative estimate of drug-likeness (QED) is 0.825. The number of nitriles is 1. The third kappa shape index (κ3) is 4.38. The van der Waals surface area contributed by atoms with Gasteiger partial charge in [0.2, 0.25) is 0 Å². The van der Waals surface area contributed by atoms with E-state index in [2.05, 4.69) is 17.3 Å². The highest BCUT2D eigenvalue weighted by Gasteiger charge is 2.08. The van der Waals surface area contributed by atoms with Gasteiger partial charge in [-0.1, -0.05) is 48.4 Å². The Balaban J connectivity index is 1.96. The molecule has 0 aliphatic rings. The molecular weight excluding hydrogens is 260 g/mol. The third-order valence-electron chi connectivity index (χ3n) is 3.00. The van der Waals surface area contributed by atoms with Gasteiger partial charge in [-0.05, 0) is 23.3 Å². The molecule has 1 N–H and O–H groups in total. The normalized spacial score (nSPS) is 11.1. The van der Waals surface area contributed by atoms with E-state index < -0.39 is 6.04 Å². The second-order valence-electron chi connectivity index (χ2n) is 4.49. The SMILES string of the molecule is C#CCNC(C#N)c1ccc(OCc2ccccc2)cc1. The van der Waals surface area contributed by atoms with Gasteiger partial charge in [0, 0.05) is 0 Å². The van der Waals surface area contributed by atoms with Crippen molar-refractivity contribution in [3.8, 4) is 24.2 Å². The molecular formula is C18H16N2O. The van der Waals surface area contributed by atoms with Crippen molar-refractivity contribution in [1.82, 2.24) is 5.32 Å². The van der Waals surface area contributed by atoms with Crippen LogP contribution in [0, 0.1) is 23.7 Å². The summed E-state index contributed by atoms with van der Waals surface area (Å²) in [6.07, 6.45) is 5.19. The highest BCUT2D eigenvalue weighted by molar-refractivity contribution is 5.32. The topological polar surface area (TPSA) is 45.0 Å². The van der Waals surface area contributed by atoms with Crippen molar-refractivity contribution >= 4 is 0 Å². The van der Waals surface area contributed by atoms with Gasteiger partial charge < -0.3 is 4.74 Å². The molecule has 0 amide bonds. The lowest BCUT2D eigenvalue weighted by Gasteiger charge is -2.11. The molecule has 0 radical (unpaired) electrons. The first-order valence-electron chi connectivity index (χ1n) is 6.66. The van der Waals surface area contributed by atoms with Crippen molar-refractivity contribution in [3.05, 3.63) is 65.7 Å². The number of nitrogens with one attached hydrogen (secondary N) is 1. The number of terminal acetylenes is 1. The van der Waals surface area contributed by atoms with Crippen LogP contribution in [0.5, 0.6) is 5.75 Å². The number of hydrogen-bond donors (Lipinski definition) is 1. The largest absolute Gasteiger partial charge is 0.489 e. The van der Waals surface area contributed by atoms with E-state index in [4.69, 9.17) is 16.4 Å². The Morgan fingerprint density at radius 1 is 1.10 bits per heavy atom. The van der Waals surface area contributed by atoms with Gasteiger partial charge in [0.1, 0.15) is 18.4 Å². The molecule has 104 valence electrons. The van der Waals surface area contributed by atoms with Crippen molar-refractivity contribution in [2.45, 2.75) is 12.6 Å². The minimum absolute atomic E-state index is 0.366. The monoisotopic (exact) mass is 276 g/mol. The van der Waals surface area contributed by atoms with E-state index in [1.165, 1.54) is 0 Å². The Bertz CT molecular complexity index is 636. The van der Waals surface area contributed by atoms with Crippen molar-refractivity contribution in [2.24, 2.45) is 0 Å². The van der Waals surface area contributed by atoms with Gasteiger partial charge >= 0.3 is 0 Å². The van der Waals surface area contributed by atoms with E-state index in [-0.39, 0.29) is 0 Å². The van der Waals surface area contributed by atoms with Crippen LogP contribution in [-0.2, 0) is 6.61 Å². The highest BCUT2D eigenvalue weighted by Crippen LogP contribution is 2.18. The summed E-state index contributed by atoms with van der Waals surface area (Å²) in [4.78, 5) is 0. The molecule has 0 heterocycles. The van der Waals surface area contributed by atoms with E-state index in [0.29, 0.717) is 13.2 Å². The fraction of sp³-hybridized carbons (Fsp3) is 0.167. The van der Waals surface area contributed by atoms with Crippen molar-refractivity contribution < 1.29 is 4.74 Å². The van der Waals surface area contributed by atoms with E-state index in [1.54, 1.807) is 0 Å². The molecule has 0 saturated carbocycles. The smallest absolute Gasteiger partial charge is 0.122 e. The minimum atomic E-state index is -0.399. The summed E-state index contributed by atoms with van der Waals surface area (Å²) >= 11 is 0. The molecule has 0 aromatic heterocycles. The zero-order chi connectivity index (χ0) is 14.9. The summed E-state index contributed by atoms with van der Waals surface area (Å²) in [7, 11) is 0. The van der Waals surface area contributed by atoms with E-state index >= 15 is 0 Å². The van der Waals surface area contributed by atoms with Gasteiger partial charge in [0.25, 0.3) is 0 Å². The predicted molar refractivity (Wildman–Crippen MR) is 82.4 cm³/mol. The van der Waals surface area contributed by atoms with Crippen LogP contribution in [0.2, 0.25) is 0 Å². The van der Waals surface area contributed by atoms with Gasteiger partial charge in [0.15, 0.2) is 0 Å². The maximum Gasteiger partial charge on any atom is 0.122 e. The zero-order valence-corrected chi connectivity index (χ0v) is 11.6. The Morgan fingerprint density at radius 3 is 2.43 bits per heavy atom. The summed E-state index contributed by atoms with van der Waals surface area (Å²) in [5, 5.41) is 12.1. The van der Waals surface area contributed by atoms with E-state index in [0.717, 1.165) is 16.9 Å². The number of nitrogens with zero attached hydrogens (tertiary/aromatic N) is 1. The summed E-state index contributed by atoms with van der Waals surface area (Å²) < 4.78 is 5.71. The van der Waals surface area contributed by atoms with Crippen LogP contribution >= 0.6 is 0 Å². The Labute approximate surface area is 125 Å². The van der Waals surface area contributed by atoms with Gasteiger partial charge in [-0.3, -0.25) is 5.32 Å². The van der Waals surface area contributed by atoms with Crippen LogP contribution in [0.1, 0.15) is 17.2 Å². The van der Waals surface area contributed by atoms with Gasteiger partial charge in [-0.2, -0.15) is 5.26 Å². The predicted octanol–water partition coefficient (Wildman–Crippen LogP) is 3.05. The van der Waals surface area contributed by atoms with Crippen LogP contribution < -0.4 is 10.1 Å². The molecule has 0 bridgehead atoms. The Kier molecular flexibility index (Phi) is 5.41. The Morgan fingerprint density at radius 2 is 1.81 bits per heavy atom. The molecule has 0 aliphatic carbocycles. The zero-order valence-electron chi connectivity index (χ0n) is 11.6. The molecule has 3 heteroatoms. The van der Waals surface area contributed by atoms with Gasteiger partial charge in [-0.25, -0.2) is 0 Å². The number of ether oxygens (including phenoxy) is 1. The van der Waals surface area contributed by atoms with Crippen LogP contribution in [0.25, 0.3) is 0 Å². The Hall–Kier alpha value is -2.75. The van der Waals surface area contributed by atoms with E-state index in [1.807, 2.05) is 54.6 Å². The second-order valence-corrected chi connectivity index (χ2v) is 4.49. The van der Waals surface area contributed by atoms with Crippen molar-refractivity contribution in [3.63, 3.8) is 0 Å². The standard InChI is InChI=1S/C18H16N2O/c1-2-12-20-18(13-19)16-8-10-17(11-9-16)21-14-15-6-4-3-5-7-15/h1,3-11,18,20H,12,14H2. The fourth-order valence-electron chi connectivity index (χ4n) is 1.90.